The number of aliphatic hydroxyl groups excluding tert-OH is 1. The summed E-state index contributed by atoms with van der Waals surface area (Å²) in [5, 5.41) is 17.2. The molecule has 0 aliphatic rings. The molecule has 1 unspecified atom stereocenters. The van der Waals surface area contributed by atoms with Crippen LogP contribution in [0.15, 0.2) is 67.5 Å². The highest BCUT2D eigenvalue weighted by Gasteiger charge is 2.19. The lowest BCUT2D eigenvalue weighted by Gasteiger charge is -2.27. The maximum absolute atomic E-state index is 13.4. The van der Waals surface area contributed by atoms with Gasteiger partial charge in [0, 0.05) is 55.1 Å². The van der Waals surface area contributed by atoms with Gasteiger partial charge in [0.1, 0.15) is 6.23 Å². The van der Waals surface area contributed by atoms with Crippen LogP contribution in [0.3, 0.4) is 0 Å². The topological polar surface area (TPSA) is 102 Å². The summed E-state index contributed by atoms with van der Waals surface area (Å²) in [7, 11) is 5.71. The second kappa shape index (κ2) is 11.9. The Morgan fingerprint density at radius 2 is 1.92 bits per heavy atom. The lowest BCUT2D eigenvalue weighted by molar-refractivity contribution is -0.0493. The molecular weight excluding hydrogens is 492 g/mol. The zero-order valence-electron chi connectivity index (χ0n) is 21.4. The summed E-state index contributed by atoms with van der Waals surface area (Å²) in [5.41, 5.74) is 3.73. The number of aromatic amines is 1. The van der Waals surface area contributed by atoms with E-state index in [2.05, 4.69) is 32.2 Å². The number of hydrogen-bond donors (Lipinski definition) is 4. The number of fused-ring (bicyclic) bond motifs is 1. The molecule has 11 heteroatoms. The highest BCUT2D eigenvalue weighted by molar-refractivity contribution is 5.94. The summed E-state index contributed by atoms with van der Waals surface area (Å²) in [6, 6.07) is 12.7. The van der Waals surface area contributed by atoms with E-state index in [1.165, 1.54) is 12.1 Å². The predicted molar refractivity (Wildman–Crippen MR) is 147 cm³/mol. The number of nitrogens with zero attached hydrogens (tertiary/aromatic N) is 4. The van der Waals surface area contributed by atoms with Crippen LogP contribution in [0.25, 0.3) is 22.2 Å². The minimum atomic E-state index is -3.05. The van der Waals surface area contributed by atoms with Crippen molar-refractivity contribution in [2.75, 3.05) is 49.8 Å². The van der Waals surface area contributed by atoms with Gasteiger partial charge >= 0.3 is 6.61 Å². The first kappa shape index (κ1) is 26.8. The van der Waals surface area contributed by atoms with Crippen molar-refractivity contribution in [2.45, 2.75) is 12.8 Å². The van der Waals surface area contributed by atoms with Crippen molar-refractivity contribution in [3.8, 4) is 17.0 Å². The van der Waals surface area contributed by atoms with E-state index in [1.807, 2.05) is 61.4 Å². The van der Waals surface area contributed by atoms with Gasteiger partial charge in [0.25, 0.3) is 0 Å². The first-order valence-corrected chi connectivity index (χ1v) is 12.0. The summed E-state index contributed by atoms with van der Waals surface area (Å²) in [6.45, 7) is 1.87. The van der Waals surface area contributed by atoms with E-state index in [0.29, 0.717) is 23.6 Å². The Labute approximate surface area is 219 Å². The molecule has 200 valence electrons. The van der Waals surface area contributed by atoms with Gasteiger partial charge in [0.15, 0.2) is 5.75 Å². The highest BCUT2D eigenvalue weighted by Crippen LogP contribution is 2.39. The standard InChI is InChI=1S/C27H31F2N7O2/c1-5-25(37)32-21-14-22(24(38-26(28)29)15-23(21)36(4)13-12-35(2)3)34-27-30-11-10-20(33-27)18-16-31-19-9-7-6-8-17(18)19/h5-11,14-16,25-26,31-32,37H,1,12-13H2,2-4H3,(H,30,33,34). The monoisotopic (exact) mass is 523 g/mol. The fourth-order valence-corrected chi connectivity index (χ4v) is 3.95. The number of benzene rings is 2. The Morgan fingerprint density at radius 1 is 1.13 bits per heavy atom. The lowest BCUT2D eigenvalue weighted by Crippen LogP contribution is -2.29. The molecule has 2 aromatic heterocycles. The van der Waals surface area contributed by atoms with Gasteiger partial charge in [-0.05, 0) is 38.4 Å². The van der Waals surface area contributed by atoms with Crippen molar-refractivity contribution in [3.63, 3.8) is 0 Å². The number of alkyl halides is 2. The van der Waals surface area contributed by atoms with Crippen LogP contribution in [0, 0.1) is 0 Å². The van der Waals surface area contributed by atoms with Gasteiger partial charge in [0.2, 0.25) is 5.95 Å². The highest BCUT2D eigenvalue weighted by atomic mass is 19.3. The van der Waals surface area contributed by atoms with Crippen LogP contribution >= 0.6 is 0 Å². The molecule has 38 heavy (non-hydrogen) atoms. The van der Waals surface area contributed by atoms with Gasteiger partial charge in [-0.2, -0.15) is 8.78 Å². The van der Waals surface area contributed by atoms with Crippen molar-refractivity contribution >= 4 is 33.9 Å². The Hall–Kier alpha value is -4.22. The Kier molecular flexibility index (Phi) is 8.39. The smallest absolute Gasteiger partial charge is 0.387 e. The SMILES string of the molecule is C=CC(O)Nc1cc(Nc2nccc(-c3c[nH]c4ccccc34)n2)c(OC(F)F)cc1N(C)CCN(C)C. The quantitative estimate of drug-likeness (QED) is 0.154. The Balaban J connectivity index is 1.73. The first-order chi connectivity index (χ1) is 18.2. The van der Waals surface area contributed by atoms with Crippen LogP contribution in [-0.4, -0.2) is 72.0 Å². The van der Waals surface area contributed by atoms with Gasteiger partial charge in [-0.1, -0.05) is 24.8 Å². The van der Waals surface area contributed by atoms with Gasteiger partial charge in [-0.3, -0.25) is 0 Å². The molecule has 2 heterocycles. The van der Waals surface area contributed by atoms with Crippen LogP contribution in [0.1, 0.15) is 0 Å². The molecule has 4 N–H and O–H groups in total. The van der Waals surface area contributed by atoms with E-state index in [-0.39, 0.29) is 17.4 Å². The molecule has 2 aromatic carbocycles. The van der Waals surface area contributed by atoms with Gasteiger partial charge in [0.05, 0.1) is 22.8 Å². The summed E-state index contributed by atoms with van der Waals surface area (Å²) >= 11 is 0. The molecular formula is C27H31F2N7O2. The number of halogens is 2. The molecule has 0 aliphatic carbocycles. The molecule has 0 fully saturated rings. The summed E-state index contributed by atoms with van der Waals surface area (Å²) in [4.78, 5) is 16.0. The Morgan fingerprint density at radius 3 is 2.66 bits per heavy atom. The summed E-state index contributed by atoms with van der Waals surface area (Å²) in [6.07, 6.45) is 3.71. The van der Waals surface area contributed by atoms with Crippen molar-refractivity contribution < 1.29 is 18.6 Å². The fraction of sp³-hybridized carbons (Fsp3) is 0.259. The zero-order chi connectivity index (χ0) is 27.2. The number of ether oxygens (including phenoxy) is 1. The van der Waals surface area contributed by atoms with Crippen molar-refractivity contribution in [1.29, 1.82) is 0 Å². The van der Waals surface area contributed by atoms with E-state index in [1.54, 1.807) is 18.3 Å². The molecule has 4 rings (SSSR count). The molecule has 0 amide bonds. The molecule has 0 spiro atoms. The van der Waals surface area contributed by atoms with Gasteiger partial charge in [-0.15, -0.1) is 0 Å². The number of nitrogens with one attached hydrogen (secondary N) is 3. The molecule has 0 aliphatic heterocycles. The minimum Gasteiger partial charge on any atom is -0.433 e. The lowest BCUT2D eigenvalue weighted by atomic mass is 10.1. The maximum Gasteiger partial charge on any atom is 0.387 e. The second-order valence-electron chi connectivity index (χ2n) is 8.93. The molecule has 0 bridgehead atoms. The van der Waals surface area contributed by atoms with Gasteiger partial charge < -0.3 is 35.3 Å². The molecule has 4 aromatic rings. The van der Waals surface area contributed by atoms with Gasteiger partial charge in [-0.25, -0.2) is 9.97 Å². The van der Waals surface area contributed by atoms with E-state index in [9.17, 15) is 13.9 Å². The largest absolute Gasteiger partial charge is 0.433 e. The van der Waals surface area contributed by atoms with Crippen molar-refractivity contribution in [2.24, 2.45) is 0 Å². The average Bonchev–Trinajstić information content (AvgIpc) is 3.32. The third-order valence-electron chi connectivity index (χ3n) is 5.90. The third-order valence-corrected chi connectivity index (χ3v) is 5.90. The summed E-state index contributed by atoms with van der Waals surface area (Å²) < 4.78 is 31.7. The van der Waals surface area contributed by atoms with E-state index >= 15 is 0 Å². The minimum absolute atomic E-state index is 0.0913. The van der Waals surface area contributed by atoms with Crippen molar-refractivity contribution in [1.82, 2.24) is 19.9 Å². The molecule has 0 radical (unpaired) electrons. The first-order valence-electron chi connectivity index (χ1n) is 12.0. The molecule has 0 saturated carbocycles. The van der Waals surface area contributed by atoms with E-state index < -0.39 is 12.8 Å². The predicted octanol–water partition coefficient (Wildman–Crippen LogP) is 4.88. The number of rotatable bonds is 12. The van der Waals surface area contributed by atoms with Crippen LogP contribution in [0.4, 0.5) is 31.8 Å². The molecule has 0 saturated heterocycles. The number of anilines is 4. The van der Waals surface area contributed by atoms with Crippen LogP contribution < -0.4 is 20.3 Å². The number of aromatic nitrogens is 3. The van der Waals surface area contributed by atoms with Crippen LogP contribution in [0.5, 0.6) is 5.75 Å². The fourth-order valence-electron chi connectivity index (χ4n) is 3.95. The second-order valence-corrected chi connectivity index (χ2v) is 8.93. The van der Waals surface area contributed by atoms with E-state index in [4.69, 9.17) is 4.74 Å². The average molecular weight is 524 g/mol. The van der Waals surface area contributed by atoms with Crippen LogP contribution in [-0.2, 0) is 0 Å². The normalized spacial score (nSPS) is 12.1. The number of H-pyrrole nitrogens is 1. The number of para-hydroxylation sites is 1. The molecule has 9 nitrogen and oxygen atoms in total. The third kappa shape index (κ3) is 6.36. The Bertz CT molecular complexity index is 1390. The zero-order valence-corrected chi connectivity index (χ0v) is 21.4. The molecule has 1 atom stereocenters. The van der Waals surface area contributed by atoms with Crippen LogP contribution in [0.2, 0.25) is 0 Å². The number of aliphatic hydroxyl groups is 1. The number of likely N-dealkylation sites (N-methyl/N-ethyl adjacent to an activating group) is 2. The van der Waals surface area contributed by atoms with E-state index in [0.717, 1.165) is 23.0 Å². The number of hydrogen-bond acceptors (Lipinski definition) is 8. The maximum atomic E-state index is 13.4. The summed E-state index contributed by atoms with van der Waals surface area (Å²) in [5.74, 6) is 0.0993. The van der Waals surface area contributed by atoms with Crippen molar-refractivity contribution in [3.05, 3.63) is 67.5 Å².